The highest BCUT2D eigenvalue weighted by atomic mass is 16.5. The second-order valence-corrected chi connectivity index (χ2v) is 8.17. The molecule has 0 aliphatic heterocycles. The van der Waals surface area contributed by atoms with E-state index in [4.69, 9.17) is 4.74 Å². The van der Waals surface area contributed by atoms with Gasteiger partial charge in [0.15, 0.2) is 0 Å². The topological polar surface area (TPSA) is 74.7 Å². The number of ether oxygens (including phenoxy) is 1. The molecule has 2 aromatic carbocycles. The van der Waals surface area contributed by atoms with Crippen molar-refractivity contribution in [2.24, 2.45) is 0 Å². The van der Waals surface area contributed by atoms with Gasteiger partial charge in [-0.05, 0) is 42.2 Å². The summed E-state index contributed by atoms with van der Waals surface area (Å²) in [7, 11) is 3.35. The molecular weight excluding hydrogens is 414 g/mol. The van der Waals surface area contributed by atoms with Crippen molar-refractivity contribution in [1.29, 1.82) is 0 Å². The molecule has 1 aromatic heterocycles. The molecule has 33 heavy (non-hydrogen) atoms. The summed E-state index contributed by atoms with van der Waals surface area (Å²) in [6.45, 7) is 3.05. The molecular formula is C27H33N3O3. The van der Waals surface area contributed by atoms with Gasteiger partial charge >= 0.3 is 0 Å². The summed E-state index contributed by atoms with van der Waals surface area (Å²) >= 11 is 0. The van der Waals surface area contributed by atoms with Crippen LogP contribution in [0.15, 0.2) is 72.9 Å². The summed E-state index contributed by atoms with van der Waals surface area (Å²) < 4.78 is 5.28. The van der Waals surface area contributed by atoms with Gasteiger partial charge in [0.05, 0.1) is 19.8 Å². The van der Waals surface area contributed by atoms with Gasteiger partial charge in [-0.25, -0.2) is 4.98 Å². The number of nitrogens with zero attached hydrogens (tertiary/aromatic N) is 2. The molecule has 2 N–H and O–H groups in total. The Labute approximate surface area is 196 Å². The van der Waals surface area contributed by atoms with E-state index in [2.05, 4.69) is 17.2 Å². The Morgan fingerprint density at radius 3 is 2.48 bits per heavy atom. The van der Waals surface area contributed by atoms with E-state index in [0.717, 1.165) is 29.5 Å². The maximum absolute atomic E-state index is 12.9. The molecule has 3 aromatic rings. The standard InChI is InChI=1S/C27H33N3O3/c1-4-24(29-18-25(31)21-9-6-5-7-10-21)17-20-12-14-22(15-13-20)27(32)30(2)19-23-11-8-16-28-26(23)33-3/h5-16,24-25,29,31H,4,17-19H2,1-3H3. The maximum Gasteiger partial charge on any atom is 0.253 e. The highest BCUT2D eigenvalue weighted by molar-refractivity contribution is 5.94. The lowest BCUT2D eigenvalue weighted by atomic mass is 10.0. The fraction of sp³-hybridized carbons (Fsp3) is 0.333. The van der Waals surface area contributed by atoms with E-state index in [1.54, 1.807) is 25.3 Å². The summed E-state index contributed by atoms with van der Waals surface area (Å²) in [5.41, 5.74) is 3.57. The van der Waals surface area contributed by atoms with Gasteiger partial charge in [-0.2, -0.15) is 0 Å². The van der Waals surface area contributed by atoms with Crippen molar-refractivity contribution in [3.05, 3.63) is 95.2 Å². The Hall–Kier alpha value is -3.22. The van der Waals surface area contributed by atoms with Crippen LogP contribution in [0.4, 0.5) is 0 Å². The van der Waals surface area contributed by atoms with Crippen LogP contribution in [0, 0.1) is 0 Å². The molecule has 0 bridgehead atoms. The van der Waals surface area contributed by atoms with Crippen molar-refractivity contribution in [3.8, 4) is 5.88 Å². The fourth-order valence-corrected chi connectivity index (χ4v) is 3.78. The molecule has 3 rings (SSSR count). The molecule has 6 heteroatoms. The van der Waals surface area contributed by atoms with Crippen LogP contribution < -0.4 is 10.1 Å². The Morgan fingerprint density at radius 2 is 1.82 bits per heavy atom. The summed E-state index contributed by atoms with van der Waals surface area (Å²) in [5, 5.41) is 13.9. The predicted octanol–water partition coefficient (Wildman–Crippen LogP) is 4.01. The zero-order valence-electron chi connectivity index (χ0n) is 19.6. The highest BCUT2D eigenvalue weighted by Gasteiger charge is 2.16. The van der Waals surface area contributed by atoms with Crippen molar-refractivity contribution in [1.82, 2.24) is 15.2 Å². The number of nitrogens with one attached hydrogen (secondary N) is 1. The highest BCUT2D eigenvalue weighted by Crippen LogP contribution is 2.18. The Bertz CT molecular complexity index is 1010. The SMILES string of the molecule is CCC(Cc1ccc(C(=O)N(C)Cc2cccnc2OC)cc1)NCC(O)c1ccccc1. The van der Waals surface area contributed by atoms with Crippen molar-refractivity contribution in [2.75, 3.05) is 20.7 Å². The number of benzene rings is 2. The average molecular weight is 448 g/mol. The number of aromatic nitrogens is 1. The summed E-state index contributed by atoms with van der Waals surface area (Å²) in [5.74, 6) is 0.478. The summed E-state index contributed by atoms with van der Waals surface area (Å²) in [6, 6.07) is 21.4. The van der Waals surface area contributed by atoms with Crippen molar-refractivity contribution in [2.45, 2.75) is 38.5 Å². The van der Waals surface area contributed by atoms with E-state index in [0.29, 0.717) is 24.5 Å². The molecule has 2 unspecified atom stereocenters. The quantitative estimate of drug-likeness (QED) is 0.465. The van der Waals surface area contributed by atoms with Gasteiger partial charge in [-0.3, -0.25) is 4.79 Å². The van der Waals surface area contributed by atoms with Crippen molar-refractivity contribution in [3.63, 3.8) is 0 Å². The van der Waals surface area contributed by atoms with Gasteiger partial charge in [0.25, 0.3) is 5.91 Å². The smallest absolute Gasteiger partial charge is 0.253 e. The van der Waals surface area contributed by atoms with E-state index in [-0.39, 0.29) is 11.9 Å². The van der Waals surface area contributed by atoms with Gasteiger partial charge in [-0.15, -0.1) is 0 Å². The average Bonchev–Trinajstić information content (AvgIpc) is 2.87. The minimum absolute atomic E-state index is 0.0522. The molecule has 6 nitrogen and oxygen atoms in total. The lowest BCUT2D eigenvalue weighted by Crippen LogP contribution is -2.34. The summed E-state index contributed by atoms with van der Waals surface area (Å²) in [4.78, 5) is 18.7. The second kappa shape index (κ2) is 12.1. The van der Waals surface area contributed by atoms with Gasteiger partial charge in [-0.1, -0.05) is 55.5 Å². The third kappa shape index (κ3) is 6.88. The normalized spacial score (nSPS) is 12.7. The van der Waals surface area contributed by atoms with Crippen LogP contribution in [-0.4, -0.2) is 47.6 Å². The van der Waals surface area contributed by atoms with Crippen LogP contribution in [-0.2, 0) is 13.0 Å². The van der Waals surface area contributed by atoms with Crippen molar-refractivity contribution < 1.29 is 14.6 Å². The first-order valence-electron chi connectivity index (χ1n) is 11.3. The molecule has 1 heterocycles. The lowest BCUT2D eigenvalue weighted by Gasteiger charge is -2.21. The first-order chi connectivity index (χ1) is 16.0. The zero-order valence-corrected chi connectivity index (χ0v) is 19.6. The number of aliphatic hydroxyl groups excluding tert-OH is 1. The number of carbonyl (C=O) groups excluding carboxylic acids is 1. The number of hydrogen-bond donors (Lipinski definition) is 2. The van der Waals surface area contributed by atoms with Gasteiger partial charge in [0.1, 0.15) is 0 Å². The second-order valence-electron chi connectivity index (χ2n) is 8.17. The number of carbonyl (C=O) groups is 1. The molecule has 0 aliphatic rings. The van der Waals surface area contributed by atoms with E-state index >= 15 is 0 Å². The third-order valence-electron chi connectivity index (χ3n) is 5.76. The minimum Gasteiger partial charge on any atom is -0.481 e. The molecule has 0 saturated heterocycles. The monoisotopic (exact) mass is 447 g/mol. The van der Waals surface area contributed by atoms with Gasteiger partial charge in [0.2, 0.25) is 5.88 Å². The number of aliphatic hydroxyl groups is 1. The summed E-state index contributed by atoms with van der Waals surface area (Å²) in [6.07, 6.45) is 2.91. The van der Waals surface area contributed by atoms with Gasteiger partial charge < -0.3 is 20.1 Å². The molecule has 2 atom stereocenters. The van der Waals surface area contributed by atoms with Crippen LogP contribution in [0.5, 0.6) is 5.88 Å². The minimum atomic E-state index is -0.533. The van der Waals surface area contributed by atoms with Crippen LogP contribution in [0.25, 0.3) is 0 Å². The van der Waals surface area contributed by atoms with Crippen LogP contribution in [0.3, 0.4) is 0 Å². The van der Waals surface area contributed by atoms with Gasteiger partial charge in [0, 0.05) is 37.0 Å². The van der Waals surface area contributed by atoms with Crippen LogP contribution >= 0.6 is 0 Å². The largest absolute Gasteiger partial charge is 0.481 e. The van der Waals surface area contributed by atoms with E-state index in [9.17, 15) is 9.90 Å². The molecule has 0 radical (unpaired) electrons. The van der Waals surface area contributed by atoms with Crippen LogP contribution in [0.1, 0.15) is 46.5 Å². The third-order valence-corrected chi connectivity index (χ3v) is 5.76. The Balaban J connectivity index is 1.55. The van der Waals surface area contributed by atoms with E-state index in [1.807, 2.05) is 66.7 Å². The van der Waals surface area contributed by atoms with Crippen molar-refractivity contribution >= 4 is 5.91 Å². The molecule has 0 spiro atoms. The fourth-order valence-electron chi connectivity index (χ4n) is 3.78. The predicted molar refractivity (Wildman–Crippen MR) is 130 cm³/mol. The molecule has 0 saturated carbocycles. The van der Waals surface area contributed by atoms with E-state index in [1.165, 1.54) is 0 Å². The molecule has 0 fully saturated rings. The first kappa shape index (κ1) is 24.4. The number of methoxy groups -OCH3 is 1. The Kier molecular flexibility index (Phi) is 8.98. The maximum atomic E-state index is 12.9. The van der Waals surface area contributed by atoms with E-state index < -0.39 is 6.10 Å². The lowest BCUT2D eigenvalue weighted by molar-refractivity contribution is 0.0784. The first-order valence-corrected chi connectivity index (χ1v) is 11.3. The molecule has 1 amide bonds. The number of amides is 1. The Morgan fingerprint density at radius 1 is 1.09 bits per heavy atom. The zero-order chi connectivity index (χ0) is 23.6. The number of pyridine rings is 1. The molecule has 0 aliphatic carbocycles. The number of rotatable bonds is 11. The van der Waals surface area contributed by atoms with Crippen LogP contribution in [0.2, 0.25) is 0 Å². The number of hydrogen-bond acceptors (Lipinski definition) is 5. The molecule has 174 valence electrons.